The van der Waals surface area contributed by atoms with Crippen molar-refractivity contribution in [1.29, 1.82) is 0 Å². The minimum atomic E-state index is 0.400. The van der Waals surface area contributed by atoms with Gasteiger partial charge in [-0.2, -0.15) is 0 Å². The van der Waals surface area contributed by atoms with Crippen LogP contribution in [0.1, 0.15) is 96.8 Å². The number of ether oxygens (including phenoxy) is 1. The van der Waals surface area contributed by atoms with Gasteiger partial charge in [0.2, 0.25) is 0 Å². The second-order valence-corrected chi connectivity index (χ2v) is 6.37. The van der Waals surface area contributed by atoms with E-state index in [-0.39, 0.29) is 0 Å². The van der Waals surface area contributed by atoms with Crippen LogP contribution in [0, 0.1) is 0 Å². The van der Waals surface area contributed by atoms with E-state index in [4.69, 9.17) is 4.74 Å². The van der Waals surface area contributed by atoms with Crippen molar-refractivity contribution in [2.75, 3.05) is 13.2 Å². The van der Waals surface area contributed by atoms with E-state index in [9.17, 15) is 0 Å². The van der Waals surface area contributed by atoms with Crippen molar-refractivity contribution >= 4 is 0 Å². The molecule has 1 N–H and O–H groups in total. The molecule has 0 aromatic rings. The third-order valence-corrected chi connectivity index (χ3v) is 4.24. The van der Waals surface area contributed by atoms with Crippen molar-refractivity contribution in [3.05, 3.63) is 0 Å². The van der Waals surface area contributed by atoms with Gasteiger partial charge in [-0.3, -0.25) is 5.32 Å². The molecule has 0 amide bonds. The van der Waals surface area contributed by atoms with Gasteiger partial charge in [-0.25, -0.2) is 0 Å². The largest absolute Gasteiger partial charge is 0.357 e. The molecule has 2 nitrogen and oxygen atoms in total. The van der Waals surface area contributed by atoms with Gasteiger partial charge in [0.15, 0.2) is 0 Å². The Morgan fingerprint density at radius 3 is 1.50 bits per heavy atom. The zero-order valence-electron chi connectivity index (χ0n) is 13.8. The van der Waals surface area contributed by atoms with Crippen LogP contribution in [0.15, 0.2) is 0 Å². The molecule has 1 aliphatic rings. The average molecular weight is 284 g/mol. The predicted molar refractivity (Wildman–Crippen MR) is 88.1 cm³/mol. The highest BCUT2D eigenvalue weighted by molar-refractivity contribution is 4.65. The lowest BCUT2D eigenvalue weighted by molar-refractivity contribution is 0.366. The third kappa shape index (κ3) is 12.9. The molecule has 1 fully saturated rings. The second kappa shape index (κ2) is 13.9. The van der Waals surface area contributed by atoms with Gasteiger partial charge in [-0.05, 0) is 13.0 Å². The fourth-order valence-corrected chi connectivity index (χ4v) is 2.75. The van der Waals surface area contributed by atoms with Gasteiger partial charge in [-0.1, -0.05) is 90.4 Å². The molecule has 0 aromatic carbocycles. The number of unbranched alkanes of at least 4 members (excludes halogenated alkanes) is 13. The molecule has 1 unspecified atom stereocenters. The average Bonchev–Trinajstić information content (AvgIpc) is 3.27. The minimum absolute atomic E-state index is 0.400. The molecule has 0 saturated carbocycles. The molecule has 120 valence electrons. The first-order chi connectivity index (χ1) is 9.93. The molecule has 1 rings (SSSR count). The van der Waals surface area contributed by atoms with Crippen LogP contribution in [0.2, 0.25) is 0 Å². The molecular weight excluding hydrogens is 246 g/mol. The van der Waals surface area contributed by atoms with Gasteiger partial charge in [0.05, 0.1) is 6.61 Å². The Bertz CT molecular complexity index is 192. The Kier molecular flexibility index (Phi) is 12.5. The van der Waals surface area contributed by atoms with E-state index >= 15 is 0 Å². The van der Waals surface area contributed by atoms with Gasteiger partial charge in [0.1, 0.15) is 6.23 Å². The lowest BCUT2D eigenvalue weighted by Crippen LogP contribution is -2.18. The van der Waals surface area contributed by atoms with Crippen LogP contribution >= 0.6 is 0 Å². The predicted octanol–water partition coefficient (Wildman–Crippen LogP) is 5.41. The molecular formula is C18H37NO. The Hall–Kier alpha value is -0.0800. The van der Waals surface area contributed by atoms with E-state index in [1.165, 1.54) is 89.9 Å². The summed E-state index contributed by atoms with van der Waals surface area (Å²) in [5.41, 5.74) is 0. The van der Waals surface area contributed by atoms with E-state index < -0.39 is 0 Å². The maximum atomic E-state index is 5.12. The molecule has 20 heavy (non-hydrogen) atoms. The van der Waals surface area contributed by atoms with E-state index in [0.717, 1.165) is 13.2 Å². The summed E-state index contributed by atoms with van der Waals surface area (Å²) in [6.45, 7) is 4.36. The van der Waals surface area contributed by atoms with Crippen LogP contribution in [-0.2, 0) is 4.74 Å². The first-order valence-electron chi connectivity index (χ1n) is 9.28. The van der Waals surface area contributed by atoms with Crippen LogP contribution < -0.4 is 5.32 Å². The van der Waals surface area contributed by atoms with Crippen molar-refractivity contribution in [2.45, 2.75) is 103 Å². The van der Waals surface area contributed by atoms with Gasteiger partial charge >= 0.3 is 0 Å². The highest BCUT2D eigenvalue weighted by atomic mass is 16.6. The van der Waals surface area contributed by atoms with Crippen LogP contribution in [0.4, 0.5) is 0 Å². The van der Waals surface area contributed by atoms with E-state index in [1.807, 2.05) is 0 Å². The van der Waals surface area contributed by atoms with Gasteiger partial charge < -0.3 is 4.74 Å². The van der Waals surface area contributed by atoms with E-state index in [1.54, 1.807) is 0 Å². The van der Waals surface area contributed by atoms with Crippen LogP contribution in [0.25, 0.3) is 0 Å². The zero-order chi connectivity index (χ0) is 14.3. The highest BCUT2D eigenvalue weighted by Crippen LogP contribution is 2.13. The summed E-state index contributed by atoms with van der Waals surface area (Å²) in [7, 11) is 0. The molecule has 1 aliphatic heterocycles. The Balaban J connectivity index is 1.60. The number of epoxide rings is 1. The van der Waals surface area contributed by atoms with E-state index in [2.05, 4.69) is 12.2 Å². The standard InChI is InChI=1S/C18H37NO/c1-2-3-4-5-6-7-8-9-10-11-12-13-14-15-16-19-18-17-20-18/h18-19H,2-17H2,1H3. The number of nitrogens with one attached hydrogen (secondary N) is 1. The Labute approximate surface area is 127 Å². The lowest BCUT2D eigenvalue weighted by atomic mass is 10.0. The van der Waals surface area contributed by atoms with Crippen molar-refractivity contribution in [3.63, 3.8) is 0 Å². The smallest absolute Gasteiger partial charge is 0.132 e. The number of hydrogen-bond acceptors (Lipinski definition) is 2. The summed E-state index contributed by atoms with van der Waals surface area (Å²) in [5.74, 6) is 0. The summed E-state index contributed by atoms with van der Waals surface area (Å²) in [6.07, 6.45) is 20.5. The fourth-order valence-electron chi connectivity index (χ4n) is 2.75. The third-order valence-electron chi connectivity index (χ3n) is 4.24. The maximum absolute atomic E-state index is 5.12. The maximum Gasteiger partial charge on any atom is 0.132 e. The molecule has 1 heterocycles. The Morgan fingerprint density at radius 2 is 1.10 bits per heavy atom. The van der Waals surface area contributed by atoms with Gasteiger partial charge in [0.25, 0.3) is 0 Å². The second-order valence-electron chi connectivity index (χ2n) is 6.37. The summed E-state index contributed by atoms with van der Waals surface area (Å²) >= 11 is 0. The van der Waals surface area contributed by atoms with Crippen molar-refractivity contribution in [1.82, 2.24) is 5.32 Å². The molecule has 0 bridgehead atoms. The van der Waals surface area contributed by atoms with Crippen LogP contribution in [-0.4, -0.2) is 19.4 Å². The summed E-state index contributed by atoms with van der Waals surface area (Å²) in [4.78, 5) is 0. The van der Waals surface area contributed by atoms with Gasteiger partial charge in [-0.15, -0.1) is 0 Å². The molecule has 1 atom stereocenters. The van der Waals surface area contributed by atoms with Crippen molar-refractivity contribution < 1.29 is 4.74 Å². The lowest BCUT2D eigenvalue weighted by Gasteiger charge is -2.03. The van der Waals surface area contributed by atoms with Crippen molar-refractivity contribution in [3.8, 4) is 0 Å². The first kappa shape index (κ1) is 18.0. The molecule has 2 heteroatoms. The summed E-state index contributed by atoms with van der Waals surface area (Å²) in [5, 5.41) is 3.38. The Morgan fingerprint density at radius 1 is 0.700 bits per heavy atom. The zero-order valence-corrected chi connectivity index (χ0v) is 13.8. The fraction of sp³-hybridized carbons (Fsp3) is 1.00. The summed E-state index contributed by atoms with van der Waals surface area (Å²) in [6, 6.07) is 0. The molecule has 0 aromatic heterocycles. The monoisotopic (exact) mass is 283 g/mol. The molecule has 0 spiro atoms. The minimum Gasteiger partial charge on any atom is -0.357 e. The molecule has 0 aliphatic carbocycles. The van der Waals surface area contributed by atoms with Crippen molar-refractivity contribution in [2.24, 2.45) is 0 Å². The van der Waals surface area contributed by atoms with Gasteiger partial charge in [0, 0.05) is 0 Å². The SMILES string of the molecule is CCCCCCCCCCCCCCCCNC1CO1. The normalized spacial score (nSPS) is 17.6. The number of hydrogen-bond donors (Lipinski definition) is 1. The number of rotatable bonds is 16. The van der Waals surface area contributed by atoms with Crippen LogP contribution in [0.5, 0.6) is 0 Å². The van der Waals surface area contributed by atoms with Crippen LogP contribution in [0.3, 0.4) is 0 Å². The quantitative estimate of drug-likeness (QED) is 0.302. The summed E-state index contributed by atoms with van der Waals surface area (Å²) < 4.78 is 5.12. The topological polar surface area (TPSA) is 24.6 Å². The molecule has 1 saturated heterocycles. The molecule has 0 radical (unpaired) electrons. The first-order valence-corrected chi connectivity index (χ1v) is 9.28. The highest BCUT2D eigenvalue weighted by Gasteiger charge is 2.20. The van der Waals surface area contributed by atoms with E-state index in [0.29, 0.717) is 6.23 Å².